The average molecular weight is 448 g/mol. The number of halogens is 1. The van der Waals surface area contributed by atoms with Crippen LogP contribution in [0.15, 0.2) is 41.2 Å². The molecular weight excluding hydrogens is 427 g/mol. The van der Waals surface area contributed by atoms with Gasteiger partial charge in [0.15, 0.2) is 14.6 Å². The van der Waals surface area contributed by atoms with Gasteiger partial charge in [-0.25, -0.2) is 23.0 Å². The Morgan fingerprint density at radius 2 is 1.97 bits per heavy atom. The van der Waals surface area contributed by atoms with E-state index in [1.165, 1.54) is 17.6 Å². The highest BCUT2D eigenvalue weighted by Gasteiger charge is 2.43. The van der Waals surface area contributed by atoms with Crippen LogP contribution in [0, 0.1) is 12.7 Å². The van der Waals surface area contributed by atoms with Crippen molar-refractivity contribution >= 4 is 26.6 Å². The van der Waals surface area contributed by atoms with Crippen LogP contribution < -0.4 is 11.0 Å². The van der Waals surface area contributed by atoms with E-state index in [1.807, 2.05) is 0 Å². The molecule has 0 spiro atoms. The van der Waals surface area contributed by atoms with Gasteiger partial charge in [-0.2, -0.15) is 0 Å². The Hall–Kier alpha value is -3.18. The molecule has 0 aliphatic heterocycles. The van der Waals surface area contributed by atoms with Crippen molar-refractivity contribution in [1.82, 2.24) is 20.5 Å². The van der Waals surface area contributed by atoms with E-state index in [2.05, 4.69) is 10.3 Å². The zero-order chi connectivity index (χ0) is 23.0. The van der Waals surface area contributed by atoms with Crippen LogP contribution >= 0.6 is 0 Å². The fourth-order valence-electron chi connectivity index (χ4n) is 3.15. The summed E-state index contributed by atoms with van der Waals surface area (Å²) >= 11 is 0. The van der Waals surface area contributed by atoms with Gasteiger partial charge in [0.05, 0.1) is 5.39 Å². The van der Waals surface area contributed by atoms with Crippen LogP contribution in [0.5, 0.6) is 0 Å². The normalized spacial score (nSPS) is 13.7. The third-order valence-electron chi connectivity index (χ3n) is 5.36. The minimum absolute atomic E-state index is 0.207. The van der Waals surface area contributed by atoms with Crippen molar-refractivity contribution in [1.29, 1.82) is 0 Å². The number of carbonyl (C=O) groups is 1. The second-order valence-corrected chi connectivity index (χ2v) is 9.97. The number of benzene rings is 2. The summed E-state index contributed by atoms with van der Waals surface area (Å²) in [5.74, 6) is -1.51. The molecular formula is C20H21FN4O5S. The predicted octanol–water partition coefficient (Wildman–Crippen LogP) is 1.60. The molecule has 31 heavy (non-hydrogen) atoms. The highest BCUT2D eigenvalue weighted by molar-refractivity contribution is 7.92. The minimum atomic E-state index is -3.92. The second kappa shape index (κ2) is 8.16. The Morgan fingerprint density at radius 1 is 1.26 bits per heavy atom. The van der Waals surface area contributed by atoms with E-state index in [9.17, 15) is 22.4 Å². The molecule has 1 unspecified atom stereocenters. The fraction of sp³-hybridized carbons (Fsp3) is 0.300. The van der Waals surface area contributed by atoms with E-state index < -0.39 is 31.9 Å². The van der Waals surface area contributed by atoms with Crippen molar-refractivity contribution in [2.75, 3.05) is 6.26 Å². The van der Waals surface area contributed by atoms with Crippen molar-refractivity contribution in [2.45, 2.75) is 31.6 Å². The monoisotopic (exact) mass is 448 g/mol. The van der Waals surface area contributed by atoms with Crippen LogP contribution in [0.3, 0.4) is 0 Å². The van der Waals surface area contributed by atoms with Gasteiger partial charge in [-0.15, -0.1) is 5.10 Å². The van der Waals surface area contributed by atoms with Crippen molar-refractivity contribution in [3.05, 3.63) is 58.1 Å². The average Bonchev–Trinajstić information content (AvgIpc) is 2.71. The number of fused-ring (bicyclic) bond motifs is 1. The Morgan fingerprint density at radius 3 is 2.58 bits per heavy atom. The highest BCUT2D eigenvalue weighted by Crippen LogP contribution is 2.26. The molecule has 1 amide bonds. The smallest absolute Gasteiger partial charge is 0.277 e. The molecule has 9 nitrogen and oxygen atoms in total. The lowest BCUT2D eigenvalue weighted by molar-refractivity contribution is -0.131. The number of hydrogen-bond acceptors (Lipinski definition) is 7. The van der Waals surface area contributed by atoms with Crippen LogP contribution in [0.25, 0.3) is 22.0 Å². The van der Waals surface area contributed by atoms with Gasteiger partial charge in [-0.3, -0.25) is 14.8 Å². The third-order valence-corrected chi connectivity index (χ3v) is 7.39. The molecule has 0 saturated carbocycles. The van der Waals surface area contributed by atoms with Crippen LogP contribution in [0.4, 0.5) is 4.39 Å². The quantitative estimate of drug-likeness (QED) is 0.433. The Balaban J connectivity index is 1.96. The van der Waals surface area contributed by atoms with Gasteiger partial charge in [0, 0.05) is 18.4 Å². The number of hydrogen-bond donors (Lipinski definition) is 2. The third kappa shape index (κ3) is 4.19. The zero-order valence-corrected chi connectivity index (χ0v) is 17.9. The molecule has 2 N–H and O–H groups in total. The number of nitrogens with one attached hydrogen (secondary N) is 1. The van der Waals surface area contributed by atoms with E-state index in [1.54, 1.807) is 31.2 Å². The summed E-state index contributed by atoms with van der Waals surface area (Å²) in [4.78, 5) is 24.7. The van der Waals surface area contributed by atoms with Gasteiger partial charge in [0.25, 0.3) is 11.5 Å². The summed E-state index contributed by atoms with van der Waals surface area (Å²) in [6, 6.07) is 9.44. The Kier molecular flexibility index (Phi) is 5.92. The molecule has 3 rings (SSSR count). The first kappa shape index (κ1) is 22.5. The van der Waals surface area contributed by atoms with Gasteiger partial charge < -0.3 is 0 Å². The molecule has 0 bridgehead atoms. The first-order chi connectivity index (χ1) is 14.5. The molecule has 11 heteroatoms. The molecule has 0 fully saturated rings. The van der Waals surface area contributed by atoms with E-state index in [-0.39, 0.29) is 23.9 Å². The summed E-state index contributed by atoms with van der Waals surface area (Å²) < 4.78 is 37.4. The first-order valence-electron chi connectivity index (χ1n) is 9.26. The number of rotatable bonds is 6. The predicted molar refractivity (Wildman–Crippen MR) is 112 cm³/mol. The fourth-order valence-corrected chi connectivity index (χ4v) is 3.99. The van der Waals surface area contributed by atoms with E-state index in [4.69, 9.17) is 5.21 Å². The van der Waals surface area contributed by atoms with Gasteiger partial charge >= 0.3 is 0 Å². The number of aromatic nitrogens is 3. The summed E-state index contributed by atoms with van der Waals surface area (Å²) in [7, 11) is -3.92. The molecule has 1 heterocycles. The maximum absolute atomic E-state index is 14.3. The molecule has 0 saturated heterocycles. The van der Waals surface area contributed by atoms with Crippen molar-refractivity contribution < 1.29 is 22.8 Å². The number of carbonyl (C=O) groups excluding carboxylic acids is 1. The number of amides is 1. The van der Waals surface area contributed by atoms with Gasteiger partial charge in [-0.1, -0.05) is 23.4 Å². The lowest BCUT2D eigenvalue weighted by Gasteiger charge is -2.24. The van der Waals surface area contributed by atoms with E-state index >= 15 is 0 Å². The van der Waals surface area contributed by atoms with Gasteiger partial charge in [-0.05, 0) is 49.6 Å². The lowest BCUT2D eigenvalue weighted by Crippen LogP contribution is -2.50. The molecule has 164 valence electrons. The Labute approximate surface area is 177 Å². The topological polar surface area (TPSA) is 131 Å². The van der Waals surface area contributed by atoms with Crippen molar-refractivity contribution in [3.8, 4) is 11.1 Å². The van der Waals surface area contributed by atoms with E-state index in [0.717, 1.165) is 23.4 Å². The maximum atomic E-state index is 14.3. The molecule has 0 aliphatic carbocycles. The zero-order valence-electron chi connectivity index (χ0n) is 17.1. The standard InChI is InChI=1S/C20H21FN4O5S/c1-12-4-6-14(16(21)10-12)13-5-7-15-17(11-13)22-24-25(18(15)26)9-8-20(2,19(27)23-28)31(3,29)30/h4-7,10-11,28H,8-9H2,1-3H3,(H,23,27). The van der Waals surface area contributed by atoms with E-state index in [0.29, 0.717) is 11.1 Å². The van der Waals surface area contributed by atoms with Crippen molar-refractivity contribution in [2.24, 2.45) is 0 Å². The van der Waals surface area contributed by atoms with Crippen LogP contribution in [-0.2, 0) is 21.2 Å². The van der Waals surface area contributed by atoms with Crippen LogP contribution in [0.2, 0.25) is 0 Å². The highest BCUT2D eigenvalue weighted by atomic mass is 32.2. The molecule has 0 aliphatic rings. The number of aryl methyl sites for hydroxylation is 2. The van der Waals surface area contributed by atoms with Crippen LogP contribution in [-0.4, -0.2) is 45.5 Å². The SMILES string of the molecule is Cc1ccc(-c2ccc3c(=O)n(CCC(C)(C(=O)NO)S(C)(=O)=O)nnc3c2)c(F)c1. The number of nitrogens with zero attached hydrogens (tertiary/aromatic N) is 3. The summed E-state index contributed by atoms with van der Waals surface area (Å²) in [6.07, 6.45) is 0.549. The molecule has 2 aromatic carbocycles. The first-order valence-corrected chi connectivity index (χ1v) is 11.2. The number of hydroxylamine groups is 1. The lowest BCUT2D eigenvalue weighted by atomic mass is 10.0. The molecule has 0 radical (unpaired) electrons. The molecule has 1 atom stereocenters. The van der Waals surface area contributed by atoms with Crippen molar-refractivity contribution in [3.63, 3.8) is 0 Å². The molecule has 1 aromatic heterocycles. The summed E-state index contributed by atoms with van der Waals surface area (Å²) in [6.45, 7) is 2.70. The van der Waals surface area contributed by atoms with Crippen LogP contribution in [0.1, 0.15) is 18.9 Å². The summed E-state index contributed by atoms with van der Waals surface area (Å²) in [5, 5.41) is 16.9. The minimum Gasteiger partial charge on any atom is -0.289 e. The van der Waals surface area contributed by atoms with Gasteiger partial charge in [0.2, 0.25) is 0 Å². The number of sulfone groups is 1. The Bertz CT molecular complexity index is 1340. The maximum Gasteiger partial charge on any atom is 0.277 e. The summed E-state index contributed by atoms with van der Waals surface area (Å²) in [5.41, 5.74) is 2.72. The van der Waals surface area contributed by atoms with Gasteiger partial charge in [0.1, 0.15) is 11.3 Å². The largest absolute Gasteiger partial charge is 0.289 e. The second-order valence-electron chi connectivity index (χ2n) is 7.53. The molecule has 3 aromatic rings.